The second kappa shape index (κ2) is 6.62. The normalized spacial score (nSPS) is 12.9. The van der Waals surface area contributed by atoms with Gasteiger partial charge < -0.3 is 5.32 Å². The molecule has 0 fully saturated rings. The van der Waals surface area contributed by atoms with E-state index in [0.717, 1.165) is 15.0 Å². The number of thioether (sulfide) groups is 1. The highest BCUT2D eigenvalue weighted by Gasteiger charge is 2.16. The number of nitro groups is 1. The Balaban J connectivity index is 2.07. The van der Waals surface area contributed by atoms with Crippen molar-refractivity contribution < 1.29 is 4.92 Å². The van der Waals surface area contributed by atoms with Crippen molar-refractivity contribution >= 4 is 33.9 Å². The molecule has 0 saturated carbocycles. The fraction of sp³-hybridized carbons (Fsp3) is 0.429. The Bertz CT molecular complexity index is 667. The van der Waals surface area contributed by atoms with Crippen molar-refractivity contribution in [2.75, 3.05) is 5.32 Å². The van der Waals surface area contributed by atoms with Gasteiger partial charge in [0, 0.05) is 22.9 Å². The topological polar surface area (TPSA) is 81.0 Å². The van der Waals surface area contributed by atoms with Crippen molar-refractivity contribution in [2.45, 2.75) is 42.8 Å². The number of anilines is 1. The van der Waals surface area contributed by atoms with Gasteiger partial charge in [-0.3, -0.25) is 10.1 Å². The molecule has 1 heterocycles. The maximum absolute atomic E-state index is 10.8. The molecule has 0 amide bonds. The lowest BCUT2D eigenvalue weighted by Crippen LogP contribution is -2.25. The molecule has 0 aliphatic carbocycles. The maximum atomic E-state index is 10.8. The highest BCUT2D eigenvalue weighted by atomic mass is 32.2. The zero-order chi connectivity index (χ0) is 16.3. The van der Waals surface area contributed by atoms with E-state index in [9.17, 15) is 10.1 Å². The lowest BCUT2D eigenvalue weighted by atomic mass is 10.1. The highest BCUT2D eigenvalue weighted by Crippen LogP contribution is 2.38. The largest absolute Gasteiger partial charge is 0.355 e. The van der Waals surface area contributed by atoms with Crippen LogP contribution in [-0.2, 0) is 0 Å². The molecule has 118 valence electrons. The van der Waals surface area contributed by atoms with Gasteiger partial charge in [-0.05, 0) is 33.3 Å². The van der Waals surface area contributed by atoms with E-state index in [1.54, 1.807) is 23.9 Å². The molecular weight excluding hydrogens is 320 g/mol. The minimum Gasteiger partial charge on any atom is -0.355 e. The standard InChI is InChI=1S/C14H18N4O2S2/c1-9(10-6-5-7-11(8-10)18(19)20)21-13-17-16-12(22-13)15-14(2,3)4/h5-9H,1-4H3,(H,15,16). The number of nitrogens with one attached hydrogen (secondary N) is 1. The minimum absolute atomic E-state index is 0.0624. The molecule has 1 atom stereocenters. The molecule has 1 unspecified atom stereocenters. The van der Waals surface area contributed by atoms with Crippen LogP contribution in [0.15, 0.2) is 28.6 Å². The second-order valence-corrected chi connectivity index (χ2v) is 8.43. The van der Waals surface area contributed by atoms with E-state index in [-0.39, 0.29) is 21.4 Å². The van der Waals surface area contributed by atoms with E-state index in [0.29, 0.717) is 0 Å². The summed E-state index contributed by atoms with van der Waals surface area (Å²) in [7, 11) is 0. The monoisotopic (exact) mass is 338 g/mol. The number of hydrogen-bond acceptors (Lipinski definition) is 7. The summed E-state index contributed by atoms with van der Waals surface area (Å²) in [5.74, 6) is 0. The molecule has 22 heavy (non-hydrogen) atoms. The van der Waals surface area contributed by atoms with Gasteiger partial charge in [0.25, 0.3) is 5.69 Å². The quantitative estimate of drug-likeness (QED) is 0.491. The number of hydrogen-bond donors (Lipinski definition) is 1. The lowest BCUT2D eigenvalue weighted by Gasteiger charge is -2.18. The van der Waals surface area contributed by atoms with Gasteiger partial charge in [0.05, 0.1) is 4.92 Å². The van der Waals surface area contributed by atoms with Gasteiger partial charge in [-0.2, -0.15) is 0 Å². The van der Waals surface area contributed by atoms with Crippen molar-refractivity contribution in [3.8, 4) is 0 Å². The Morgan fingerprint density at radius 1 is 1.36 bits per heavy atom. The van der Waals surface area contributed by atoms with Gasteiger partial charge in [-0.15, -0.1) is 10.2 Å². The van der Waals surface area contributed by atoms with Crippen LogP contribution < -0.4 is 5.32 Å². The molecule has 0 saturated heterocycles. The van der Waals surface area contributed by atoms with Crippen LogP contribution in [0.25, 0.3) is 0 Å². The van der Waals surface area contributed by atoms with Crippen LogP contribution in [0.3, 0.4) is 0 Å². The summed E-state index contributed by atoms with van der Waals surface area (Å²) in [4.78, 5) is 10.5. The van der Waals surface area contributed by atoms with Crippen LogP contribution in [0, 0.1) is 10.1 Å². The Labute approximate surface area is 137 Å². The first-order valence-electron chi connectivity index (χ1n) is 6.77. The molecule has 1 aromatic carbocycles. The Morgan fingerprint density at radius 2 is 2.09 bits per heavy atom. The number of rotatable bonds is 5. The first-order chi connectivity index (χ1) is 10.2. The predicted octanol–water partition coefficient (Wildman–Crippen LogP) is 4.51. The molecule has 2 aromatic rings. The van der Waals surface area contributed by atoms with Gasteiger partial charge in [0.15, 0.2) is 4.34 Å². The summed E-state index contributed by atoms with van der Waals surface area (Å²) in [6, 6.07) is 6.70. The zero-order valence-electron chi connectivity index (χ0n) is 12.9. The van der Waals surface area contributed by atoms with Crippen molar-refractivity contribution in [1.82, 2.24) is 10.2 Å². The van der Waals surface area contributed by atoms with E-state index >= 15 is 0 Å². The number of non-ortho nitro benzene ring substituents is 1. The molecule has 1 aromatic heterocycles. The molecule has 0 radical (unpaired) electrons. The van der Waals surface area contributed by atoms with E-state index in [2.05, 4.69) is 36.3 Å². The summed E-state index contributed by atoms with van der Waals surface area (Å²) >= 11 is 3.04. The third-order valence-electron chi connectivity index (χ3n) is 2.72. The van der Waals surface area contributed by atoms with Gasteiger partial charge in [0.2, 0.25) is 5.13 Å². The fourth-order valence-electron chi connectivity index (χ4n) is 1.74. The van der Waals surface area contributed by atoms with E-state index < -0.39 is 0 Å². The summed E-state index contributed by atoms with van der Waals surface area (Å²) in [6.07, 6.45) is 0. The smallest absolute Gasteiger partial charge is 0.269 e. The summed E-state index contributed by atoms with van der Waals surface area (Å²) in [5, 5.41) is 23.2. The van der Waals surface area contributed by atoms with Gasteiger partial charge in [-0.1, -0.05) is 35.2 Å². The first-order valence-corrected chi connectivity index (χ1v) is 8.47. The molecule has 6 nitrogen and oxygen atoms in total. The van der Waals surface area contributed by atoms with Crippen LogP contribution in [0.2, 0.25) is 0 Å². The third-order valence-corrected chi connectivity index (χ3v) is 4.80. The van der Waals surface area contributed by atoms with E-state index in [4.69, 9.17) is 0 Å². The van der Waals surface area contributed by atoms with Gasteiger partial charge in [-0.25, -0.2) is 0 Å². The number of nitro benzene ring substituents is 1. The summed E-state index contributed by atoms with van der Waals surface area (Å²) < 4.78 is 0.839. The molecule has 1 N–H and O–H groups in total. The average molecular weight is 338 g/mol. The Kier molecular flexibility index (Phi) is 5.02. The number of nitrogens with zero attached hydrogens (tertiary/aromatic N) is 3. The second-order valence-electron chi connectivity index (χ2n) is 5.86. The zero-order valence-corrected chi connectivity index (χ0v) is 14.5. The predicted molar refractivity (Wildman–Crippen MR) is 90.7 cm³/mol. The summed E-state index contributed by atoms with van der Waals surface area (Å²) in [5.41, 5.74) is 0.949. The molecular formula is C14H18N4O2S2. The minimum atomic E-state index is -0.378. The SMILES string of the molecule is CC(Sc1nnc(NC(C)(C)C)s1)c1cccc([N+](=O)[O-])c1. The van der Waals surface area contributed by atoms with Crippen molar-refractivity contribution in [2.24, 2.45) is 0 Å². The Morgan fingerprint density at radius 3 is 2.73 bits per heavy atom. The molecule has 8 heteroatoms. The van der Waals surface area contributed by atoms with Crippen molar-refractivity contribution in [3.05, 3.63) is 39.9 Å². The average Bonchev–Trinajstić information content (AvgIpc) is 2.83. The number of benzene rings is 1. The van der Waals surface area contributed by atoms with Crippen LogP contribution >= 0.6 is 23.1 Å². The maximum Gasteiger partial charge on any atom is 0.269 e. The first kappa shape index (κ1) is 16.7. The molecule has 2 rings (SSSR count). The summed E-state index contributed by atoms with van der Waals surface area (Å²) in [6.45, 7) is 8.19. The van der Waals surface area contributed by atoms with E-state index in [1.807, 2.05) is 13.0 Å². The van der Waals surface area contributed by atoms with Crippen LogP contribution in [0.1, 0.15) is 38.5 Å². The van der Waals surface area contributed by atoms with Crippen LogP contribution in [0.5, 0.6) is 0 Å². The molecule has 0 aliphatic rings. The molecule has 0 aliphatic heterocycles. The van der Waals surface area contributed by atoms with E-state index in [1.165, 1.54) is 17.4 Å². The van der Waals surface area contributed by atoms with Crippen LogP contribution in [-0.4, -0.2) is 20.7 Å². The molecule has 0 bridgehead atoms. The highest BCUT2D eigenvalue weighted by molar-refractivity contribution is 8.01. The van der Waals surface area contributed by atoms with Crippen LogP contribution in [0.4, 0.5) is 10.8 Å². The molecule has 0 spiro atoms. The van der Waals surface area contributed by atoms with Crippen molar-refractivity contribution in [1.29, 1.82) is 0 Å². The van der Waals surface area contributed by atoms with Gasteiger partial charge >= 0.3 is 0 Å². The number of aromatic nitrogens is 2. The third kappa shape index (κ3) is 4.67. The lowest BCUT2D eigenvalue weighted by molar-refractivity contribution is -0.384. The van der Waals surface area contributed by atoms with Gasteiger partial charge in [0.1, 0.15) is 0 Å². The Hall–Kier alpha value is -1.67. The van der Waals surface area contributed by atoms with Crippen molar-refractivity contribution in [3.63, 3.8) is 0 Å². The fourth-order valence-corrected chi connectivity index (χ4v) is 3.96.